The topological polar surface area (TPSA) is 121 Å². The van der Waals surface area contributed by atoms with Gasteiger partial charge in [-0.2, -0.15) is 10.0 Å². The number of amides is 1. The number of amidine groups is 2. The summed E-state index contributed by atoms with van der Waals surface area (Å²) in [5.41, 5.74) is 1.84. The molecule has 0 saturated heterocycles. The molecule has 2 aromatic carbocycles. The van der Waals surface area contributed by atoms with Gasteiger partial charge in [0, 0.05) is 6.42 Å². The van der Waals surface area contributed by atoms with Crippen molar-refractivity contribution in [3.8, 4) is 11.5 Å². The van der Waals surface area contributed by atoms with E-state index in [0.29, 0.717) is 24.5 Å². The standard InChI is InChI=1S/C24H24N4O5S2/c1-3-35(30,31)24-27-28-21(25)20(22(29)26-23(28)34-24)15-17-8-10-18(11-9-17)32-12-5-13-33-19-7-4-6-16(2)14-19/h4,6-11,14-15,25H,3,5,12-13H2,1-2H3/b20-15+,25-21?. The monoisotopic (exact) mass is 512 g/mol. The summed E-state index contributed by atoms with van der Waals surface area (Å²) >= 11 is 0.778. The molecular formula is C24H24N4O5S2. The number of hydrazone groups is 1. The van der Waals surface area contributed by atoms with Crippen LogP contribution in [-0.4, -0.2) is 53.7 Å². The average molecular weight is 513 g/mol. The number of aryl methyl sites for hydroxylation is 1. The van der Waals surface area contributed by atoms with E-state index in [1.54, 1.807) is 24.3 Å². The third-order valence-corrected chi connectivity index (χ3v) is 8.18. The van der Waals surface area contributed by atoms with Crippen LogP contribution in [-0.2, 0) is 14.6 Å². The quantitative estimate of drug-likeness (QED) is 0.421. The Balaban J connectivity index is 1.34. The molecule has 0 unspecified atom stereocenters. The molecule has 0 aliphatic carbocycles. The second kappa shape index (κ2) is 10.4. The lowest BCUT2D eigenvalue weighted by atomic mass is 10.1. The Morgan fingerprint density at radius 3 is 2.49 bits per heavy atom. The molecule has 4 rings (SSSR count). The zero-order valence-corrected chi connectivity index (χ0v) is 20.9. The van der Waals surface area contributed by atoms with E-state index in [-0.39, 0.29) is 26.7 Å². The number of nitrogens with zero attached hydrogens (tertiary/aromatic N) is 3. The normalized spacial score (nSPS) is 16.7. The maximum Gasteiger partial charge on any atom is 0.283 e. The lowest BCUT2D eigenvalue weighted by Gasteiger charge is -2.20. The van der Waals surface area contributed by atoms with Crippen LogP contribution in [0.4, 0.5) is 0 Å². The van der Waals surface area contributed by atoms with Crippen LogP contribution in [0.1, 0.15) is 24.5 Å². The van der Waals surface area contributed by atoms with Crippen LogP contribution in [0.25, 0.3) is 6.08 Å². The van der Waals surface area contributed by atoms with Gasteiger partial charge in [0.05, 0.1) is 24.5 Å². The molecule has 11 heteroatoms. The van der Waals surface area contributed by atoms with Crippen LogP contribution in [0, 0.1) is 12.3 Å². The van der Waals surface area contributed by atoms with Crippen molar-refractivity contribution in [3.63, 3.8) is 0 Å². The highest BCUT2D eigenvalue weighted by Crippen LogP contribution is 2.30. The summed E-state index contributed by atoms with van der Waals surface area (Å²) < 4.78 is 35.5. The zero-order valence-electron chi connectivity index (χ0n) is 19.2. The summed E-state index contributed by atoms with van der Waals surface area (Å²) in [7, 11) is -3.56. The van der Waals surface area contributed by atoms with Gasteiger partial charge < -0.3 is 9.47 Å². The number of carbonyl (C=O) groups is 1. The van der Waals surface area contributed by atoms with Crippen LogP contribution in [0.15, 0.2) is 64.2 Å². The highest BCUT2D eigenvalue weighted by atomic mass is 32.3. The minimum Gasteiger partial charge on any atom is -0.493 e. The number of hydrogen-bond donors (Lipinski definition) is 1. The summed E-state index contributed by atoms with van der Waals surface area (Å²) in [5.74, 6) is 0.542. The molecule has 0 atom stereocenters. The summed E-state index contributed by atoms with van der Waals surface area (Å²) in [6.07, 6.45) is 2.24. The van der Waals surface area contributed by atoms with Gasteiger partial charge in [0.1, 0.15) is 11.5 Å². The van der Waals surface area contributed by atoms with E-state index in [1.165, 1.54) is 13.0 Å². The molecule has 1 amide bonds. The van der Waals surface area contributed by atoms with Gasteiger partial charge in [-0.15, -0.1) is 5.10 Å². The van der Waals surface area contributed by atoms with E-state index in [4.69, 9.17) is 14.9 Å². The SMILES string of the molecule is CCS(=O)(=O)C1=NN2C(=N)/C(=C\c3ccc(OCCCOc4cccc(C)c4)cc3)C(=O)N=C2S1. The van der Waals surface area contributed by atoms with Crippen molar-refractivity contribution >= 4 is 49.0 Å². The summed E-state index contributed by atoms with van der Waals surface area (Å²) in [4.78, 5) is 16.4. The van der Waals surface area contributed by atoms with Gasteiger partial charge in [-0.25, -0.2) is 8.42 Å². The number of hydrogen-bond acceptors (Lipinski definition) is 8. The van der Waals surface area contributed by atoms with Gasteiger partial charge in [0.15, 0.2) is 5.84 Å². The first-order chi connectivity index (χ1) is 16.8. The number of rotatable bonds is 8. The lowest BCUT2D eigenvalue weighted by molar-refractivity contribution is -0.114. The second-order valence-corrected chi connectivity index (χ2v) is 11.1. The van der Waals surface area contributed by atoms with Crippen LogP contribution in [0.5, 0.6) is 11.5 Å². The molecule has 0 saturated carbocycles. The highest BCUT2D eigenvalue weighted by Gasteiger charge is 2.39. The van der Waals surface area contributed by atoms with Crippen LogP contribution >= 0.6 is 11.8 Å². The Labute approximate surface area is 208 Å². The third kappa shape index (κ3) is 5.80. The fourth-order valence-electron chi connectivity index (χ4n) is 3.19. The molecule has 2 aromatic rings. The second-order valence-electron chi connectivity index (χ2n) is 7.73. The van der Waals surface area contributed by atoms with Crippen molar-refractivity contribution in [3.05, 3.63) is 65.2 Å². The summed E-state index contributed by atoms with van der Waals surface area (Å²) in [5, 5.41) is 13.5. The Kier molecular flexibility index (Phi) is 7.37. The number of fused-ring (bicyclic) bond motifs is 1. The maximum absolute atomic E-state index is 12.5. The number of ether oxygens (including phenoxy) is 2. The molecule has 0 fully saturated rings. The molecule has 35 heavy (non-hydrogen) atoms. The number of benzene rings is 2. The predicted octanol–water partition coefficient (Wildman–Crippen LogP) is 3.85. The number of sulfone groups is 1. The van der Waals surface area contributed by atoms with Crippen molar-refractivity contribution < 1.29 is 22.7 Å². The lowest BCUT2D eigenvalue weighted by Crippen LogP contribution is -2.35. The van der Waals surface area contributed by atoms with Crippen molar-refractivity contribution in [2.45, 2.75) is 20.3 Å². The van der Waals surface area contributed by atoms with Crippen LogP contribution in [0.2, 0.25) is 0 Å². The van der Waals surface area contributed by atoms with Crippen LogP contribution in [0.3, 0.4) is 0 Å². The van der Waals surface area contributed by atoms with E-state index in [2.05, 4.69) is 10.1 Å². The first-order valence-electron chi connectivity index (χ1n) is 10.9. The highest BCUT2D eigenvalue weighted by molar-refractivity contribution is 8.42. The van der Waals surface area contributed by atoms with Crippen molar-refractivity contribution in [1.29, 1.82) is 5.41 Å². The van der Waals surface area contributed by atoms with Gasteiger partial charge in [-0.3, -0.25) is 10.2 Å². The minimum absolute atomic E-state index is 0.0233. The largest absolute Gasteiger partial charge is 0.493 e. The predicted molar refractivity (Wildman–Crippen MR) is 138 cm³/mol. The van der Waals surface area contributed by atoms with Gasteiger partial charge in [-0.05, 0) is 60.2 Å². The molecule has 182 valence electrons. The molecule has 0 bridgehead atoms. The number of nitrogens with one attached hydrogen (secondary N) is 1. The third-order valence-electron chi connectivity index (χ3n) is 5.09. The average Bonchev–Trinajstić information content (AvgIpc) is 3.28. The Morgan fingerprint density at radius 2 is 1.80 bits per heavy atom. The molecule has 0 aromatic heterocycles. The van der Waals surface area contributed by atoms with Crippen molar-refractivity contribution in [2.24, 2.45) is 10.1 Å². The van der Waals surface area contributed by atoms with E-state index in [1.807, 2.05) is 31.2 Å². The molecule has 0 radical (unpaired) electrons. The van der Waals surface area contributed by atoms with Gasteiger partial charge in [-0.1, -0.05) is 31.2 Å². The number of carbonyl (C=O) groups excluding carboxylic acids is 1. The van der Waals surface area contributed by atoms with Gasteiger partial charge >= 0.3 is 0 Å². The minimum atomic E-state index is -3.56. The molecule has 9 nitrogen and oxygen atoms in total. The van der Waals surface area contributed by atoms with E-state index in [9.17, 15) is 13.2 Å². The number of thioether (sulfide) groups is 1. The van der Waals surface area contributed by atoms with E-state index in [0.717, 1.165) is 34.5 Å². The van der Waals surface area contributed by atoms with Gasteiger partial charge in [0.25, 0.3) is 5.91 Å². The smallest absolute Gasteiger partial charge is 0.283 e. The molecule has 0 spiro atoms. The summed E-state index contributed by atoms with van der Waals surface area (Å²) in [6, 6.07) is 15.0. The molecule has 2 aliphatic heterocycles. The van der Waals surface area contributed by atoms with Crippen molar-refractivity contribution in [2.75, 3.05) is 19.0 Å². The Hall–Kier alpha value is -3.44. The Bertz CT molecular complexity index is 1350. The maximum atomic E-state index is 12.5. The molecular weight excluding hydrogens is 488 g/mol. The van der Waals surface area contributed by atoms with E-state index >= 15 is 0 Å². The van der Waals surface area contributed by atoms with E-state index < -0.39 is 15.7 Å². The summed E-state index contributed by atoms with van der Waals surface area (Å²) in [6.45, 7) is 4.55. The Morgan fingerprint density at radius 1 is 1.09 bits per heavy atom. The fourth-order valence-corrected chi connectivity index (χ4v) is 5.36. The number of aliphatic imine (C=N–C) groups is 1. The fraction of sp³-hybridized carbons (Fsp3) is 0.250. The molecule has 2 aliphatic rings. The van der Waals surface area contributed by atoms with Crippen molar-refractivity contribution in [1.82, 2.24) is 5.01 Å². The molecule has 1 N–H and O–H groups in total. The first kappa shape index (κ1) is 24.7. The first-order valence-corrected chi connectivity index (χ1v) is 13.4. The van der Waals surface area contributed by atoms with Crippen LogP contribution < -0.4 is 9.47 Å². The van der Waals surface area contributed by atoms with Gasteiger partial charge in [0.2, 0.25) is 19.4 Å². The zero-order chi connectivity index (χ0) is 25.0. The molecule has 2 heterocycles.